The van der Waals surface area contributed by atoms with Crippen LogP contribution in [0.25, 0.3) is 0 Å². The smallest absolute Gasteiger partial charge is 0.288 e. The van der Waals surface area contributed by atoms with E-state index in [1.807, 2.05) is 0 Å². The molecule has 21 heavy (non-hydrogen) atoms. The Hall–Kier alpha value is -1.25. The van der Waals surface area contributed by atoms with Gasteiger partial charge < -0.3 is 15.4 Å². The fourth-order valence-electron chi connectivity index (χ4n) is 2.15. The predicted octanol–water partition coefficient (Wildman–Crippen LogP) is 2.32. The molecule has 1 aliphatic rings. The van der Waals surface area contributed by atoms with E-state index in [4.69, 9.17) is 4.74 Å². The molecule has 116 valence electrons. The summed E-state index contributed by atoms with van der Waals surface area (Å²) in [6.45, 7) is 3.49. The first-order valence-electron chi connectivity index (χ1n) is 7.03. The molecule has 2 heterocycles. The lowest BCUT2D eigenvalue weighted by molar-refractivity contribution is -0.385. The molecule has 1 aromatic heterocycles. The quantitative estimate of drug-likeness (QED) is 0.441. The van der Waals surface area contributed by atoms with Crippen LogP contribution in [0.3, 0.4) is 0 Å². The lowest BCUT2D eigenvalue weighted by Gasteiger charge is -2.22. The predicted molar refractivity (Wildman–Crippen MR) is 83.5 cm³/mol. The van der Waals surface area contributed by atoms with Gasteiger partial charge in [0.2, 0.25) is 0 Å². The van der Waals surface area contributed by atoms with Crippen molar-refractivity contribution in [3.63, 3.8) is 0 Å². The molecule has 7 nitrogen and oxygen atoms in total. The minimum atomic E-state index is -0.464. The van der Waals surface area contributed by atoms with Gasteiger partial charge in [-0.25, -0.2) is 4.98 Å². The van der Waals surface area contributed by atoms with Gasteiger partial charge in [0, 0.05) is 19.2 Å². The second-order valence-corrected chi connectivity index (χ2v) is 5.74. The van der Waals surface area contributed by atoms with Crippen LogP contribution in [0.2, 0.25) is 0 Å². The Labute approximate surface area is 131 Å². The number of halogens is 1. The van der Waals surface area contributed by atoms with Gasteiger partial charge in [-0.1, -0.05) is 0 Å². The van der Waals surface area contributed by atoms with E-state index in [1.165, 1.54) is 12.3 Å². The number of rotatable bonds is 7. The van der Waals surface area contributed by atoms with Crippen molar-refractivity contribution in [2.75, 3.05) is 31.6 Å². The summed E-state index contributed by atoms with van der Waals surface area (Å²) in [4.78, 5) is 14.2. The molecule has 1 aliphatic heterocycles. The van der Waals surface area contributed by atoms with Crippen LogP contribution in [0, 0.1) is 10.1 Å². The summed E-state index contributed by atoms with van der Waals surface area (Å²) in [5, 5.41) is 17.1. The molecule has 1 aromatic rings. The third-order valence-corrected chi connectivity index (χ3v) is 3.90. The Bertz CT molecular complexity index is 480. The van der Waals surface area contributed by atoms with Crippen LogP contribution in [0.4, 0.5) is 11.5 Å². The van der Waals surface area contributed by atoms with Gasteiger partial charge in [-0.05, 0) is 48.3 Å². The fraction of sp³-hybridized carbons (Fsp3) is 0.615. The Morgan fingerprint density at radius 2 is 2.29 bits per heavy atom. The molecule has 0 amide bonds. The fourth-order valence-corrected chi connectivity index (χ4v) is 2.63. The monoisotopic (exact) mass is 358 g/mol. The zero-order chi connectivity index (χ0) is 15.1. The number of anilines is 1. The Morgan fingerprint density at radius 3 is 2.95 bits per heavy atom. The van der Waals surface area contributed by atoms with Crippen LogP contribution in [0.1, 0.15) is 19.3 Å². The van der Waals surface area contributed by atoms with Crippen molar-refractivity contribution in [1.82, 2.24) is 10.3 Å². The second-order valence-electron chi connectivity index (χ2n) is 4.88. The first-order valence-corrected chi connectivity index (χ1v) is 7.82. The summed E-state index contributed by atoms with van der Waals surface area (Å²) in [7, 11) is 0. The number of aromatic nitrogens is 1. The number of ether oxygens (including phenoxy) is 1. The van der Waals surface area contributed by atoms with E-state index in [-0.39, 0.29) is 5.69 Å². The summed E-state index contributed by atoms with van der Waals surface area (Å²) < 4.78 is 6.39. The van der Waals surface area contributed by atoms with Crippen molar-refractivity contribution in [1.29, 1.82) is 0 Å². The second kappa shape index (κ2) is 8.26. The van der Waals surface area contributed by atoms with Crippen molar-refractivity contribution in [3.05, 3.63) is 26.9 Å². The van der Waals surface area contributed by atoms with Crippen LogP contribution in [-0.2, 0) is 4.74 Å². The van der Waals surface area contributed by atoms with Gasteiger partial charge >= 0.3 is 0 Å². The first kappa shape index (κ1) is 16.1. The average molecular weight is 359 g/mol. The molecule has 1 saturated heterocycles. The number of hydrogen-bond acceptors (Lipinski definition) is 6. The minimum absolute atomic E-state index is 0.0262. The third-order valence-electron chi connectivity index (χ3n) is 3.29. The highest BCUT2D eigenvalue weighted by Crippen LogP contribution is 2.24. The number of hydrogen-bond donors (Lipinski definition) is 2. The molecule has 0 atom stereocenters. The summed E-state index contributed by atoms with van der Waals surface area (Å²) in [5.41, 5.74) is -0.0262. The molecular formula is C13H19BrN4O3. The molecule has 8 heteroatoms. The topological polar surface area (TPSA) is 89.3 Å². The van der Waals surface area contributed by atoms with Gasteiger partial charge in [0.05, 0.1) is 15.5 Å². The standard InChI is InChI=1S/C13H19BrN4O3/c14-12-8-10(18(19)20)9-17-13(12)16-4-1-7-21-11-2-5-15-6-3-11/h8-9,11,15H,1-7H2,(H,16,17). The van der Waals surface area contributed by atoms with Crippen LogP contribution < -0.4 is 10.6 Å². The molecule has 0 bridgehead atoms. The van der Waals surface area contributed by atoms with Gasteiger partial charge in [-0.3, -0.25) is 10.1 Å². The summed E-state index contributed by atoms with van der Waals surface area (Å²) in [6.07, 6.45) is 4.63. The van der Waals surface area contributed by atoms with Crippen molar-refractivity contribution < 1.29 is 9.66 Å². The lowest BCUT2D eigenvalue weighted by atomic mass is 10.1. The number of nitrogens with zero attached hydrogens (tertiary/aromatic N) is 2. The minimum Gasteiger partial charge on any atom is -0.378 e. The van der Waals surface area contributed by atoms with Gasteiger partial charge in [-0.15, -0.1) is 0 Å². The van der Waals surface area contributed by atoms with Gasteiger partial charge in [-0.2, -0.15) is 0 Å². The maximum absolute atomic E-state index is 10.6. The summed E-state index contributed by atoms with van der Waals surface area (Å²) in [6, 6.07) is 1.45. The zero-order valence-electron chi connectivity index (χ0n) is 11.7. The third kappa shape index (κ3) is 5.22. The van der Waals surface area contributed by atoms with Crippen LogP contribution in [0.5, 0.6) is 0 Å². The van der Waals surface area contributed by atoms with Crippen molar-refractivity contribution in [2.24, 2.45) is 0 Å². The Balaban J connectivity index is 1.67. The van der Waals surface area contributed by atoms with E-state index >= 15 is 0 Å². The van der Waals surface area contributed by atoms with E-state index in [1.54, 1.807) is 0 Å². The van der Waals surface area contributed by atoms with E-state index < -0.39 is 4.92 Å². The molecule has 0 unspecified atom stereocenters. The average Bonchev–Trinajstić information content (AvgIpc) is 2.49. The molecule has 0 aromatic carbocycles. The van der Waals surface area contributed by atoms with Gasteiger partial charge in [0.1, 0.15) is 12.0 Å². The molecule has 2 rings (SSSR count). The zero-order valence-corrected chi connectivity index (χ0v) is 13.3. The summed E-state index contributed by atoms with van der Waals surface area (Å²) in [5.74, 6) is 0.613. The highest BCUT2D eigenvalue weighted by Gasteiger charge is 2.13. The number of piperidine rings is 1. The molecule has 0 radical (unpaired) electrons. The molecule has 0 aliphatic carbocycles. The largest absolute Gasteiger partial charge is 0.378 e. The SMILES string of the molecule is O=[N+]([O-])c1cnc(NCCCOC2CCNCC2)c(Br)c1. The Kier molecular flexibility index (Phi) is 6.34. The molecule has 1 fully saturated rings. The van der Waals surface area contributed by atoms with Gasteiger partial charge in [0.25, 0.3) is 5.69 Å². The molecule has 0 saturated carbocycles. The molecule has 2 N–H and O–H groups in total. The van der Waals surface area contributed by atoms with E-state index in [2.05, 4.69) is 31.5 Å². The number of nitro groups is 1. The van der Waals surface area contributed by atoms with Crippen LogP contribution in [0.15, 0.2) is 16.7 Å². The van der Waals surface area contributed by atoms with Crippen LogP contribution in [-0.4, -0.2) is 42.3 Å². The molecular weight excluding hydrogens is 340 g/mol. The Morgan fingerprint density at radius 1 is 1.52 bits per heavy atom. The number of pyridine rings is 1. The molecule has 0 spiro atoms. The summed E-state index contributed by atoms with van der Waals surface area (Å²) >= 11 is 3.28. The van der Waals surface area contributed by atoms with E-state index in [0.717, 1.165) is 32.4 Å². The van der Waals surface area contributed by atoms with Crippen molar-refractivity contribution in [3.8, 4) is 0 Å². The lowest BCUT2D eigenvalue weighted by Crippen LogP contribution is -2.32. The van der Waals surface area contributed by atoms with E-state index in [9.17, 15) is 10.1 Å². The van der Waals surface area contributed by atoms with Crippen molar-refractivity contribution >= 4 is 27.4 Å². The maximum Gasteiger partial charge on any atom is 0.288 e. The highest BCUT2D eigenvalue weighted by atomic mass is 79.9. The van der Waals surface area contributed by atoms with Crippen molar-refractivity contribution in [2.45, 2.75) is 25.4 Å². The van der Waals surface area contributed by atoms with Crippen LogP contribution >= 0.6 is 15.9 Å². The number of nitrogens with one attached hydrogen (secondary N) is 2. The normalized spacial score (nSPS) is 15.9. The maximum atomic E-state index is 10.6. The van der Waals surface area contributed by atoms with Gasteiger partial charge in [0.15, 0.2) is 0 Å². The first-order chi connectivity index (χ1) is 10.2. The highest BCUT2D eigenvalue weighted by molar-refractivity contribution is 9.10. The van der Waals surface area contributed by atoms with E-state index in [0.29, 0.717) is 29.5 Å².